The normalized spacial score (nSPS) is 11.2. The predicted molar refractivity (Wildman–Crippen MR) is 134 cm³/mol. The molecule has 0 aliphatic carbocycles. The van der Waals surface area contributed by atoms with Crippen LogP contribution < -0.4 is 0 Å². The third-order valence-electron chi connectivity index (χ3n) is 5.48. The van der Waals surface area contributed by atoms with Crippen molar-refractivity contribution in [2.24, 2.45) is 5.16 Å². The maximum Gasteiger partial charge on any atom is 0.331 e. The molecular weight excluding hydrogens is 406 g/mol. The van der Waals surface area contributed by atoms with Crippen molar-refractivity contribution in [3.63, 3.8) is 0 Å². The van der Waals surface area contributed by atoms with Crippen LogP contribution in [0.4, 0.5) is 0 Å². The Morgan fingerprint density at radius 3 is 1.45 bits per heavy atom. The van der Waals surface area contributed by atoms with Crippen LogP contribution in [0.2, 0.25) is 0 Å². The van der Waals surface area contributed by atoms with Crippen LogP contribution >= 0.6 is 0 Å². The lowest BCUT2D eigenvalue weighted by molar-refractivity contribution is -0.140. The summed E-state index contributed by atoms with van der Waals surface area (Å²) in [4.78, 5) is 16.6. The van der Waals surface area contributed by atoms with Crippen LogP contribution in [0.3, 0.4) is 0 Å². The van der Waals surface area contributed by atoms with E-state index in [0.717, 1.165) is 27.8 Å². The minimum Gasteiger partial charge on any atom is -0.319 e. The van der Waals surface area contributed by atoms with Crippen LogP contribution in [0.15, 0.2) is 133 Å². The summed E-state index contributed by atoms with van der Waals surface area (Å²) in [6.45, 7) is 1.35. The number of oxime groups is 1. The van der Waals surface area contributed by atoms with Gasteiger partial charge in [0.05, 0.1) is 11.6 Å². The molecule has 0 saturated heterocycles. The van der Waals surface area contributed by atoms with E-state index in [0.29, 0.717) is 0 Å². The number of hydrogen-bond acceptors (Lipinski definition) is 3. The van der Waals surface area contributed by atoms with Gasteiger partial charge in [0.2, 0.25) is 0 Å². The third kappa shape index (κ3) is 5.16. The van der Waals surface area contributed by atoms with E-state index in [4.69, 9.17) is 4.84 Å². The quantitative estimate of drug-likeness (QED) is 0.187. The molecule has 0 aliphatic heterocycles. The first kappa shape index (κ1) is 22.0. The Balaban J connectivity index is 2.04. The third-order valence-corrected chi connectivity index (χ3v) is 5.48. The van der Waals surface area contributed by atoms with Gasteiger partial charge in [-0.1, -0.05) is 133 Å². The number of benzene rings is 4. The summed E-state index contributed by atoms with van der Waals surface area (Å²) in [6.07, 6.45) is 3.92. The molecule has 0 unspecified atom stereocenters. The molecule has 0 saturated carbocycles. The molecule has 4 aromatic carbocycles. The summed E-state index contributed by atoms with van der Waals surface area (Å²) in [6, 6.07) is 40.8. The molecule has 3 nitrogen and oxygen atoms in total. The second-order valence-corrected chi connectivity index (χ2v) is 7.71. The lowest BCUT2D eigenvalue weighted by Crippen LogP contribution is -2.28. The lowest BCUT2D eigenvalue weighted by atomic mass is 9.73. The fourth-order valence-corrected chi connectivity index (χ4v) is 3.93. The van der Waals surface area contributed by atoms with E-state index in [-0.39, 0.29) is 0 Å². The van der Waals surface area contributed by atoms with Gasteiger partial charge in [0.15, 0.2) is 0 Å². The molecule has 33 heavy (non-hydrogen) atoms. The lowest BCUT2D eigenvalue weighted by Gasteiger charge is -2.29. The van der Waals surface area contributed by atoms with Gasteiger partial charge in [0, 0.05) is 6.92 Å². The maximum absolute atomic E-state index is 11.5. The van der Waals surface area contributed by atoms with Crippen LogP contribution in [-0.4, -0.2) is 12.2 Å². The first-order chi connectivity index (χ1) is 16.2. The van der Waals surface area contributed by atoms with Gasteiger partial charge in [-0.2, -0.15) is 0 Å². The maximum atomic E-state index is 11.5. The van der Waals surface area contributed by atoms with Gasteiger partial charge in [-0.15, -0.1) is 0 Å². The average Bonchev–Trinajstić information content (AvgIpc) is 2.88. The number of rotatable bonds is 7. The molecule has 0 atom stereocenters. The molecule has 4 rings (SSSR count). The van der Waals surface area contributed by atoms with Crippen molar-refractivity contribution in [2.75, 3.05) is 0 Å². The molecule has 0 heterocycles. The summed E-state index contributed by atoms with van der Waals surface area (Å²) >= 11 is 0. The van der Waals surface area contributed by atoms with E-state index in [1.807, 2.05) is 72.8 Å². The molecule has 162 valence electrons. The van der Waals surface area contributed by atoms with E-state index < -0.39 is 11.4 Å². The topological polar surface area (TPSA) is 38.7 Å². The van der Waals surface area contributed by atoms with Gasteiger partial charge in [-0.25, -0.2) is 4.79 Å². The molecular formula is C30H25NO2. The Kier molecular flexibility index (Phi) is 6.91. The van der Waals surface area contributed by atoms with Gasteiger partial charge in [0.1, 0.15) is 0 Å². The fraction of sp³-hybridized carbons (Fsp3) is 0.0667. The zero-order valence-corrected chi connectivity index (χ0v) is 18.5. The number of hydrogen-bond donors (Lipinski definition) is 0. The second-order valence-electron chi connectivity index (χ2n) is 7.71. The van der Waals surface area contributed by atoms with E-state index in [1.54, 1.807) is 6.21 Å². The van der Waals surface area contributed by atoms with Crippen molar-refractivity contribution in [2.45, 2.75) is 12.3 Å². The van der Waals surface area contributed by atoms with Crippen molar-refractivity contribution in [3.05, 3.63) is 150 Å². The molecule has 0 N–H and O–H groups in total. The Hall–Kier alpha value is -4.24. The first-order valence-corrected chi connectivity index (χ1v) is 10.9. The second kappa shape index (κ2) is 10.4. The Bertz CT molecular complexity index is 1150. The summed E-state index contributed by atoms with van der Waals surface area (Å²) < 4.78 is 0. The molecule has 0 radical (unpaired) electrons. The van der Waals surface area contributed by atoms with Crippen LogP contribution in [0, 0.1) is 0 Å². The van der Waals surface area contributed by atoms with Crippen LogP contribution in [0.1, 0.15) is 29.2 Å². The molecule has 0 bridgehead atoms. The molecule has 0 aliphatic rings. The van der Waals surface area contributed by atoms with Gasteiger partial charge in [0.25, 0.3) is 0 Å². The van der Waals surface area contributed by atoms with Crippen molar-refractivity contribution < 1.29 is 9.63 Å². The summed E-state index contributed by atoms with van der Waals surface area (Å²) in [5.41, 5.74) is 4.46. The molecule has 3 heteroatoms. The monoisotopic (exact) mass is 431 g/mol. The van der Waals surface area contributed by atoms with Gasteiger partial charge < -0.3 is 4.84 Å². The highest BCUT2D eigenvalue weighted by Crippen LogP contribution is 2.37. The summed E-state index contributed by atoms with van der Waals surface area (Å²) in [5, 5.41) is 4.12. The van der Waals surface area contributed by atoms with Crippen molar-refractivity contribution in [3.8, 4) is 0 Å². The largest absolute Gasteiger partial charge is 0.331 e. The summed E-state index contributed by atoms with van der Waals surface area (Å²) in [5.74, 6) is -0.461. The minimum atomic E-state index is -0.779. The molecule has 0 aromatic heterocycles. The highest BCUT2D eigenvalue weighted by Gasteiger charge is 2.32. The van der Waals surface area contributed by atoms with E-state index in [1.165, 1.54) is 6.92 Å². The minimum absolute atomic E-state index is 0.461. The summed E-state index contributed by atoms with van der Waals surface area (Å²) in [7, 11) is 0. The Morgan fingerprint density at radius 2 is 1.06 bits per heavy atom. The first-order valence-electron chi connectivity index (χ1n) is 10.9. The molecule has 0 amide bonds. The molecule has 0 spiro atoms. The van der Waals surface area contributed by atoms with Crippen LogP contribution in [0.5, 0.6) is 0 Å². The number of carbonyl (C=O) groups is 1. The van der Waals surface area contributed by atoms with E-state index >= 15 is 0 Å². The SMILES string of the molecule is CC(=O)O/N=C/C(C=C(c1ccccc1)c1ccccc1)(c1ccccc1)c1ccccc1. The predicted octanol–water partition coefficient (Wildman–Crippen LogP) is 6.65. The number of carbonyl (C=O) groups excluding carboxylic acids is 1. The molecule has 0 fully saturated rings. The Morgan fingerprint density at radius 1 is 0.667 bits per heavy atom. The van der Waals surface area contributed by atoms with Crippen LogP contribution in [0.25, 0.3) is 5.57 Å². The highest BCUT2D eigenvalue weighted by molar-refractivity contribution is 5.90. The van der Waals surface area contributed by atoms with Crippen LogP contribution in [-0.2, 0) is 15.0 Å². The van der Waals surface area contributed by atoms with Crippen molar-refractivity contribution in [1.29, 1.82) is 0 Å². The zero-order valence-electron chi connectivity index (χ0n) is 18.5. The number of allylic oxidation sites excluding steroid dienone is 1. The highest BCUT2D eigenvalue weighted by atomic mass is 16.7. The van der Waals surface area contributed by atoms with Gasteiger partial charge in [-0.05, 0) is 27.8 Å². The average molecular weight is 432 g/mol. The van der Waals surface area contributed by atoms with E-state index in [2.05, 4.69) is 59.8 Å². The fourth-order valence-electron chi connectivity index (χ4n) is 3.93. The Labute approximate surface area is 194 Å². The smallest absolute Gasteiger partial charge is 0.319 e. The van der Waals surface area contributed by atoms with E-state index in [9.17, 15) is 4.79 Å². The van der Waals surface area contributed by atoms with Gasteiger partial charge in [-0.3, -0.25) is 0 Å². The standard InChI is InChI=1S/C30H25NO2/c1-24(32)33-31-23-30(27-18-10-4-11-19-27,28-20-12-5-13-21-28)22-29(25-14-6-2-7-15-25)26-16-8-3-9-17-26/h2-23H,1H3/b31-23+. The van der Waals surface area contributed by atoms with Gasteiger partial charge >= 0.3 is 5.97 Å². The zero-order chi connectivity index (χ0) is 22.9. The van der Waals surface area contributed by atoms with Crippen molar-refractivity contribution >= 4 is 17.8 Å². The van der Waals surface area contributed by atoms with Crippen molar-refractivity contribution in [1.82, 2.24) is 0 Å². The number of nitrogens with zero attached hydrogens (tertiary/aromatic N) is 1. The molecule has 4 aromatic rings.